The molecule has 3 N–H and O–H groups in total. The van der Waals surface area contributed by atoms with Crippen molar-refractivity contribution in [1.82, 2.24) is 5.32 Å². The number of hydrogen-bond acceptors (Lipinski definition) is 5. The highest BCUT2D eigenvalue weighted by atomic mass is 16.5. The number of anilines is 2. The zero-order valence-corrected chi connectivity index (χ0v) is 20.4. The first-order valence-corrected chi connectivity index (χ1v) is 12.5. The van der Waals surface area contributed by atoms with E-state index >= 15 is 0 Å². The SMILES string of the molecule is O=C(CNc1ccc(OCCOc2ccccc2)cc1)Nc1ccc(C(=O)NC2CCCCC2)cc1. The number of carbonyl (C=O) groups is 2. The van der Waals surface area contributed by atoms with Crippen LogP contribution >= 0.6 is 0 Å². The van der Waals surface area contributed by atoms with Crippen LogP contribution in [-0.2, 0) is 4.79 Å². The van der Waals surface area contributed by atoms with Crippen molar-refractivity contribution in [3.8, 4) is 11.5 Å². The average Bonchev–Trinajstić information content (AvgIpc) is 2.92. The van der Waals surface area contributed by atoms with Gasteiger partial charge < -0.3 is 25.4 Å². The molecule has 0 spiro atoms. The molecule has 7 nitrogen and oxygen atoms in total. The number of rotatable bonds is 11. The lowest BCUT2D eigenvalue weighted by Gasteiger charge is -2.22. The van der Waals surface area contributed by atoms with E-state index in [4.69, 9.17) is 9.47 Å². The molecule has 7 heteroatoms. The minimum Gasteiger partial charge on any atom is -0.490 e. The maximum Gasteiger partial charge on any atom is 0.251 e. The van der Waals surface area contributed by atoms with Crippen molar-refractivity contribution < 1.29 is 19.1 Å². The van der Waals surface area contributed by atoms with Crippen molar-refractivity contribution in [2.75, 3.05) is 30.4 Å². The van der Waals surface area contributed by atoms with Gasteiger partial charge >= 0.3 is 0 Å². The first-order chi connectivity index (χ1) is 17.7. The Morgan fingerprint density at radius 1 is 0.722 bits per heavy atom. The number of para-hydroxylation sites is 1. The molecular weight excluding hydrogens is 454 g/mol. The van der Waals surface area contributed by atoms with Gasteiger partial charge in [0.1, 0.15) is 24.7 Å². The van der Waals surface area contributed by atoms with E-state index in [1.54, 1.807) is 24.3 Å². The number of amides is 2. The molecular formula is C29H33N3O4. The topological polar surface area (TPSA) is 88.7 Å². The number of carbonyl (C=O) groups excluding carboxylic acids is 2. The summed E-state index contributed by atoms with van der Waals surface area (Å²) in [5, 5.41) is 9.05. The minimum atomic E-state index is -0.173. The van der Waals surface area contributed by atoms with E-state index in [2.05, 4.69) is 16.0 Å². The third-order valence-corrected chi connectivity index (χ3v) is 6.04. The monoisotopic (exact) mass is 487 g/mol. The number of ether oxygens (including phenoxy) is 2. The third-order valence-electron chi connectivity index (χ3n) is 6.04. The predicted octanol–water partition coefficient (Wildman–Crippen LogP) is 5.26. The lowest BCUT2D eigenvalue weighted by Crippen LogP contribution is -2.36. The summed E-state index contributed by atoms with van der Waals surface area (Å²) in [4.78, 5) is 24.8. The summed E-state index contributed by atoms with van der Waals surface area (Å²) in [6.07, 6.45) is 5.69. The summed E-state index contributed by atoms with van der Waals surface area (Å²) in [5.74, 6) is 1.31. The molecule has 4 rings (SSSR count). The zero-order chi connectivity index (χ0) is 25.0. The lowest BCUT2D eigenvalue weighted by molar-refractivity contribution is -0.114. The molecule has 0 saturated heterocycles. The van der Waals surface area contributed by atoms with Crippen molar-refractivity contribution in [2.45, 2.75) is 38.1 Å². The van der Waals surface area contributed by atoms with Gasteiger partial charge in [0.2, 0.25) is 5.91 Å². The van der Waals surface area contributed by atoms with E-state index in [-0.39, 0.29) is 24.4 Å². The molecule has 3 aromatic rings. The van der Waals surface area contributed by atoms with Gasteiger partial charge in [0.25, 0.3) is 5.91 Å². The van der Waals surface area contributed by atoms with Gasteiger partial charge in [-0.05, 0) is 73.5 Å². The van der Waals surface area contributed by atoms with Crippen LogP contribution in [0, 0.1) is 0 Å². The summed E-state index contributed by atoms with van der Waals surface area (Å²) < 4.78 is 11.3. The molecule has 0 aliphatic heterocycles. The van der Waals surface area contributed by atoms with E-state index in [0.717, 1.165) is 30.0 Å². The van der Waals surface area contributed by atoms with Gasteiger partial charge in [-0.25, -0.2) is 0 Å². The van der Waals surface area contributed by atoms with E-state index in [9.17, 15) is 9.59 Å². The maximum atomic E-state index is 12.4. The van der Waals surface area contributed by atoms with E-state index < -0.39 is 0 Å². The van der Waals surface area contributed by atoms with Gasteiger partial charge in [0.15, 0.2) is 0 Å². The second-order valence-corrected chi connectivity index (χ2v) is 8.82. The van der Waals surface area contributed by atoms with Gasteiger partial charge in [0, 0.05) is 23.0 Å². The number of nitrogens with one attached hydrogen (secondary N) is 3. The number of benzene rings is 3. The third kappa shape index (κ3) is 8.05. The fourth-order valence-corrected chi connectivity index (χ4v) is 4.11. The Hall–Kier alpha value is -4.00. The van der Waals surface area contributed by atoms with Crippen molar-refractivity contribution in [2.24, 2.45) is 0 Å². The van der Waals surface area contributed by atoms with Crippen LogP contribution in [0.25, 0.3) is 0 Å². The molecule has 0 aromatic heterocycles. The molecule has 188 valence electrons. The molecule has 1 aliphatic carbocycles. The first kappa shape index (κ1) is 25.1. The normalized spacial score (nSPS) is 13.4. The van der Waals surface area contributed by atoms with Crippen LogP contribution in [0.2, 0.25) is 0 Å². The van der Waals surface area contributed by atoms with E-state index in [0.29, 0.717) is 24.5 Å². The predicted molar refractivity (Wildman–Crippen MR) is 142 cm³/mol. The van der Waals surface area contributed by atoms with Gasteiger partial charge in [0.05, 0.1) is 6.54 Å². The van der Waals surface area contributed by atoms with E-state index in [1.807, 2.05) is 54.6 Å². The highest BCUT2D eigenvalue weighted by Crippen LogP contribution is 2.19. The molecule has 0 unspecified atom stereocenters. The Labute approximate surface area is 212 Å². The molecule has 36 heavy (non-hydrogen) atoms. The van der Waals surface area contributed by atoms with Crippen LogP contribution in [0.1, 0.15) is 42.5 Å². The largest absolute Gasteiger partial charge is 0.490 e. The Morgan fingerprint density at radius 2 is 1.33 bits per heavy atom. The quantitative estimate of drug-likeness (QED) is 0.321. The molecule has 0 atom stereocenters. The van der Waals surface area contributed by atoms with Gasteiger partial charge in [-0.2, -0.15) is 0 Å². The van der Waals surface area contributed by atoms with Crippen LogP contribution in [0.4, 0.5) is 11.4 Å². The first-order valence-electron chi connectivity index (χ1n) is 12.5. The molecule has 2 amide bonds. The summed E-state index contributed by atoms with van der Waals surface area (Å²) >= 11 is 0. The Bertz CT molecular complexity index is 1100. The molecule has 0 radical (unpaired) electrons. The Morgan fingerprint density at radius 3 is 2.00 bits per heavy atom. The smallest absolute Gasteiger partial charge is 0.251 e. The minimum absolute atomic E-state index is 0.0578. The Kier molecular flexibility index (Phi) is 9.19. The second-order valence-electron chi connectivity index (χ2n) is 8.82. The van der Waals surface area contributed by atoms with Crippen molar-refractivity contribution in [1.29, 1.82) is 0 Å². The van der Waals surface area contributed by atoms with Gasteiger partial charge in [-0.1, -0.05) is 37.5 Å². The summed E-state index contributed by atoms with van der Waals surface area (Å²) in [6, 6.07) is 24.3. The van der Waals surface area contributed by atoms with Gasteiger partial charge in [-0.15, -0.1) is 0 Å². The Balaban J connectivity index is 1.14. The zero-order valence-electron chi connectivity index (χ0n) is 20.4. The fraction of sp³-hybridized carbons (Fsp3) is 0.310. The summed E-state index contributed by atoms with van der Waals surface area (Å²) in [6.45, 7) is 1.01. The van der Waals surface area contributed by atoms with E-state index in [1.165, 1.54) is 19.3 Å². The fourth-order valence-electron chi connectivity index (χ4n) is 4.11. The average molecular weight is 488 g/mol. The van der Waals surface area contributed by atoms with Crippen LogP contribution in [0.5, 0.6) is 11.5 Å². The second kappa shape index (κ2) is 13.2. The summed E-state index contributed by atoms with van der Waals surface area (Å²) in [5.41, 5.74) is 2.07. The molecule has 3 aromatic carbocycles. The van der Waals surface area contributed by atoms with Crippen LogP contribution < -0.4 is 25.4 Å². The lowest BCUT2D eigenvalue weighted by atomic mass is 9.95. The van der Waals surface area contributed by atoms with Crippen molar-refractivity contribution in [3.05, 3.63) is 84.4 Å². The van der Waals surface area contributed by atoms with Crippen molar-refractivity contribution in [3.63, 3.8) is 0 Å². The van der Waals surface area contributed by atoms with Crippen molar-refractivity contribution >= 4 is 23.2 Å². The molecule has 1 fully saturated rings. The summed E-state index contributed by atoms with van der Waals surface area (Å²) in [7, 11) is 0. The highest BCUT2D eigenvalue weighted by Gasteiger charge is 2.16. The van der Waals surface area contributed by atoms with Crippen LogP contribution in [0.3, 0.4) is 0 Å². The number of hydrogen-bond donors (Lipinski definition) is 3. The highest BCUT2D eigenvalue weighted by molar-refractivity contribution is 5.96. The molecule has 1 aliphatic rings. The van der Waals surface area contributed by atoms with Crippen LogP contribution in [0.15, 0.2) is 78.9 Å². The van der Waals surface area contributed by atoms with Gasteiger partial charge in [-0.3, -0.25) is 9.59 Å². The molecule has 0 bridgehead atoms. The molecule has 1 saturated carbocycles. The molecule has 0 heterocycles. The standard InChI is InChI=1S/C29H33N3O4/c33-28(31-25-13-11-22(12-14-25)29(34)32-24-7-3-1-4-8-24)21-30-23-15-17-27(18-16-23)36-20-19-35-26-9-5-2-6-10-26/h2,5-6,9-18,24,30H,1,3-4,7-8,19-21H2,(H,31,33)(H,32,34). The van der Waals surface area contributed by atoms with Crippen LogP contribution in [-0.4, -0.2) is 37.6 Å². The maximum absolute atomic E-state index is 12.4.